The Morgan fingerprint density at radius 2 is 1.69 bits per heavy atom. The van der Waals surface area contributed by atoms with Crippen LogP contribution in [0.1, 0.15) is 12.5 Å². The smallest absolute Gasteiger partial charge is 0.193 e. The molecule has 7 heteroatoms. The van der Waals surface area contributed by atoms with Gasteiger partial charge in [-0.1, -0.05) is 12.1 Å². The van der Waals surface area contributed by atoms with Gasteiger partial charge < -0.3 is 29.2 Å². The van der Waals surface area contributed by atoms with Crippen LogP contribution in [0.25, 0.3) is 0 Å². The first-order valence-electron chi connectivity index (χ1n) is 9.44. The fraction of sp³-hybridized carbons (Fsp3) is 0.409. The quantitative estimate of drug-likeness (QED) is 0.514. The Morgan fingerprint density at radius 3 is 2.31 bits per heavy atom. The van der Waals surface area contributed by atoms with E-state index in [1.807, 2.05) is 61.3 Å². The maximum absolute atomic E-state index is 6.00. The Kier molecular flexibility index (Phi) is 8.45. The number of nitrogens with zero attached hydrogens (tertiary/aromatic N) is 2. The molecule has 0 aliphatic rings. The number of nitrogens with one attached hydrogen (secondary N) is 1. The van der Waals surface area contributed by atoms with E-state index in [4.69, 9.17) is 18.9 Å². The topological polar surface area (TPSA) is 64.6 Å². The summed E-state index contributed by atoms with van der Waals surface area (Å²) < 4.78 is 22.1. The second kappa shape index (κ2) is 11.0. The number of hydrogen-bond acceptors (Lipinski definition) is 5. The fourth-order valence-corrected chi connectivity index (χ4v) is 2.91. The summed E-state index contributed by atoms with van der Waals surface area (Å²) in [4.78, 5) is 6.40. The Balaban J connectivity index is 1.95. The fourth-order valence-electron chi connectivity index (χ4n) is 2.91. The van der Waals surface area contributed by atoms with E-state index in [1.165, 1.54) is 0 Å². The van der Waals surface area contributed by atoms with E-state index < -0.39 is 0 Å². The van der Waals surface area contributed by atoms with Crippen LogP contribution in [-0.4, -0.2) is 58.9 Å². The monoisotopic (exact) mass is 401 g/mol. The molecule has 0 heterocycles. The molecule has 0 aliphatic heterocycles. The van der Waals surface area contributed by atoms with Gasteiger partial charge >= 0.3 is 0 Å². The van der Waals surface area contributed by atoms with Gasteiger partial charge in [-0.3, -0.25) is 4.99 Å². The first-order valence-corrected chi connectivity index (χ1v) is 9.44. The molecule has 1 atom stereocenters. The van der Waals surface area contributed by atoms with Crippen molar-refractivity contribution < 1.29 is 18.9 Å². The van der Waals surface area contributed by atoms with E-state index in [9.17, 15) is 0 Å². The van der Waals surface area contributed by atoms with Crippen molar-refractivity contribution in [3.05, 3.63) is 48.0 Å². The van der Waals surface area contributed by atoms with Crippen LogP contribution in [0.3, 0.4) is 0 Å². The Labute approximate surface area is 173 Å². The van der Waals surface area contributed by atoms with Crippen molar-refractivity contribution >= 4 is 5.96 Å². The molecule has 0 amide bonds. The lowest BCUT2D eigenvalue weighted by molar-refractivity contribution is 0.212. The van der Waals surface area contributed by atoms with Gasteiger partial charge in [0.2, 0.25) is 0 Å². The van der Waals surface area contributed by atoms with E-state index >= 15 is 0 Å². The summed E-state index contributed by atoms with van der Waals surface area (Å²) in [6, 6.07) is 13.4. The first kappa shape index (κ1) is 22.2. The van der Waals surface area contributed by atoms with Crippen molar-refractivity contribution in [2.24, 2.45) is 4.99 Å². The van der Waals surface area contributed by atoms with Crippen molar-refractivity contribution in [3.63, 3.8) is 0 Å². The van der Waals surface area contributed by atoms with Crippen molar-refractivity contribution in [2.45, 2.75) is 19.6 Å². The van der Waals surface area contributed by atoms with Crippen molar-refractivity contribution in [1.82, 2.24) is 10.2 Å². The van der Waals surface area contributed by atoms with Gasteiger partial charge in [0.25, 0.3) is 0 Å². The molecule has 2 rings (SSSR count). The molecule has 0 radical (unpaired) electrons. The SMILES string of the molecule is CN=C(NCC(C)Oc1ccccc1OC)N(C)Cc1ccc(OC)cc1OC. The van der Waals surface area contributed by atoms with E-state index in [2.05, 4.69) is 10.3 Å². The minimum absolute atomic E-state index is 0.0769. The third-order valence-corrected chi connectivity index (χ3v) is 4.42. The number of para-hydroxylation sites is 2. The molecular weight excluding hydrogens is 370 g/mol. The van der Waals surface area contributed by atoms with Crippen LogP contribution < -0.4 is 24.3 Å². The number of rotatable bonds is 9. The molecule has 0 saturated heterocycles. The van der Waals surface area contributed by atoms with E-state index in [1.54, 1.807) is 28.4 Å². The van der Waals surface area contributed by atoms with Gasteiger partial charge in [-0.2, -0.15) is 0 Å². The van der Waals surface area contributed by atoms with Gasteiger partial charge in [-0.15, -0.1) is 0 Å². The number of hydrogen-bond donors (Lipinski definition) is 1. The average Bonchev–Trinajstić information content (AvgIpc) is 2.74. The Morgan fingerprint density at radius 1 is 1.00 bits per heavy atom. The van der Waals surface area contributed by atoms with Crippen LogP contribution in [0.2, 0.25) is 0 Å². The van der Waals surface area contributed by atoms with Gasteiger partial charge in [-0.25, -0.2) is 0 Å². The number of methoxy groups -OCH3 is 3. The number of aliphatic imine (C=N–C) groups is 1. The predicted molar refractivity (Wildman–Crippen MR) is 115 cm³/mol. The van der Waals surface area contributed by atoms with Crippen molar-refractivity contribution in [1.29, 1.82) is 0 Å². The third kappa shape index (κ3) is 6.20. The molecule has 1 N–H and O–H groups in total. The lowest BCUT2D eigenvalue weighted by Crippen LogP contribution is -2.42. The number of guanidine groups is 1. The first-order chi connectivity index (χ1) is 14.0. The van der Waals surface area contributed by atoms with Crippen LogP contribution in [-0.2, 0) is 6.54 Å². The summed E-state index contributed by atoms with van der Waals surface area (Å²) in [6.07, 6.45) is -0.0769. The number of ether oxygens (including phenoxy) is 4. The highest BCUT2D eigenvalue weighted by Crippen LogP contribution is 2.27. The van der Waals surface area contributed by atoms with E-state index in [0.29, 0.717) is 18.8 Å². The molecule has 2 aromatic carbocycles. The zero-order valence-corrected chi connectivity index (χ0v) is 18.1. The minimum atomic E-state index is -0.0769. The van der Waals surface area contributed by atoms with E-state index in [-0.39, 0.29) is 6.10 Å². The average molecular weight is 402 g/mol. The largest absolute Gasteiger partial charge is 0.497 e. The van der Waals surface area contributed by atoms with Gasteiger partial charge in [0.1, 0.15) is 17.6 Å². The molecule has 0 bridgehead atoms. The van der Waals surface area contributed by atoms with Crippen molar-refractivity contribution in [3.8, 4) is 23.0 Å². The highest BCUT2D eigenvalue weighted by molar-refractivity contribution is 5.79. The van der Waals surface area contributed by atoms with Gasteiger partial charge in [0, 0.05) is 32.3 Å². The molecule has 0 saturated carbocycles. The molecule has 7 nitrogen and oxygen atoms in total. The second-order valence-corrected chi connectivity index (χ2v) is 6.54. The molecule has 0 fully saturated rings. The van der Waals surface area contributed by atoms with Crippen LogP contribution in [0.5, 0.6) is 23.0 Å². The van der Waals surface area contributed by atoms with Gasteiger partial charge in [-0.05, 0) is 31.2 Å². The predicted octanol–water partition coefficient (Wildman–Crippen LogP) is 3.19. The maximum Gasteiger partial charge on any atom is 0.193 e. The normalized spacial score (nSPS) is 12.1. The van der Waals surface area contributed by atoms with Gasteiger partial charge in [0.15, 0.2) is 17.5 Å². The zero-order chi connectivity index (χ0) is 21.2. The molecular formula is C22H31N3O4. The highest BCUT2D eigenvalue weighted by atomic mass is 16.5. The molecule has 0 spiro atoms. The zero-order valence-electron chi connectivity index (χ0n) is 18.1. The van der Waals surface area contributed by atoms with Crippen molar-refractivity contribution in [2.75, 3.05) is 42.0 Å². The summed E-state index contributed by atoms with van der Waals surface area (Å²) >= 11 is 0. The highest BCUT2D eigenvalue weighted by Gasteiger charge is 2.13. The summed E-state index contributed by atoms with van der Waals surface area (Å²) in [5.74, 6) is 3.74. The van der Waals surface area contributed by atoms with Crippen LogP contribution >= 0.6 is 0 Å². The minimum Gasteiger partial charge on any atom is -0.497 e. The Bertz CT molecular complexity index is 810. The van der Waals surface area contributed by atoms with Crippen LogP contribution in [0.4, 0.5) is 0 Å². The summed E-state index contributed by atoms with van der Waals surface area (Å²) in [6.45, 7) is 3.22. The number of benzene rings is 2. The molecule has 0 aromatic heterocycles. The van der Waals surface area contributed by atoms with Crippen LogP contribution in [0.15, 0.2) is 47.5 Å². The molecule has 1 unspecified atom stereocenters. The summed E-state index contributed by atoms with van der Waals surface area (Å²) in [5.41, 5.74) is 1.04. The third-order valence-electron chi connectivity index (χ3n) is 4.42. The van der Waals surface area contributed by atoms with Gasteiger partial charge in [0.05, 0.1) is 27.9 Å². The standard InChI is InChI=1S/C22H31N3O4/c1-16(29-20-10-8-7-9-19(20)27-5)14-24-22(23-2)25(3)15-17-11-12-18(26-4)13-21(17)28-6/h7-13,16H,14-15H2,1-6H3,(H,23,24). The maximum atomic E-state index is 6.00. The molecule has 158 valence electrons. The van der Waals surface area contributed by atoms with E-state index in [0.717, 1.165) is 28.8 Å². The summed E-state index contributed by atoms with van der Waals surface area (Å²) in [7, 11) is 8.67. The second-order valence-electron chi connectivity index (χ2n) is 6.54. The van der Waals surface area contributed by atoms with Crippen LogP contribution in [0, 0.1) is 0 Å². The Hall–Kier alpha value is -3.09. The molecule has 2 aromatic rings. The molecule has 0 aliphatic carbocycles. The lowest BCUT2D eigenvalue weighted by atomic mass is 10.2. The molecule has 29 heavy (non-hydrogen) atoms. The lowest BCUT2D eigenvalue weighted by Gasteiger charge is -2.25. The summed E-state index contributed by atoms with van der Waals surface area (Å²) in [5, 5.41) is 3.35.